The Balaban J connectivity index is 0.00000196. The molecule has 0 radical (unpaired) electrons. The summed E-state index contributed by atoms with van der Waals surface area (Å²) in [5, 5.41) is 3.82. The number of ether oxygens (including phenoxy) is 1. The summed E-state index contributed by atoms with van der Waals surface area (Å²) in [6.07, 6.45) is -0.337. The van der Waals surface area contributed by atoms with Crippen LogP contribution in [-0.2, 0) is 14.4 Å². The highest BCUT2D eigenvalue weighted by Crippen LogP contribution is 2.16. The molecule has 0 saturated heterocycles. The first-order valence-electron chi connectivity index (χ1n) is 4.35. The molecule has 5 nitrogen and oxygen atoms in total. The van der Waals surface area contributed by atoms with Crippen molar-refractivity contribution in [3.8, 4) is 0 Å². The third kappa shape index (κ3) is 4.24. The molecule has 0 amide bonds. The minimum atomic E-state index is -0.836. The average Bonchev–Trinajstić information content (AvgIpc) is 2.49. The Kier molecular flexibility index (Phi) is 5.93. The molecule has 15 heavy (non-hydrogen) atoms. The van der Waals surface area contributed by atoms with Crippen molar-refractivity contribution in [2.45, 2.75) is 38.5 Å². The number of carbonyl (C=O) groups is 1. The van der Waals surface area contributed by atoms with E-state index in [-0.39, 0.29) is 18.5 Å². The van der Waals surface area contributed by atoms with Crippen molar-refractivity contribution >= 4 is 35.1 Å². The maximum Gasteiger partial charge on any atom is 0.327 e. The number of rotatable bonds is 3. The molecule has 1 heterocycles. The summed E-state index contributed by atoms with van der Waals surface area (Å²) < 4.78 is 4.92. The van der Waals surface area contributed by atoms with Crippen molar-refractivity contribution in [1.82, 2.24) is 0 Å². The Labute approximate surface area is 99.3 Å². The third-order valence-electron chi connectivity index (χ3n) is 1.68. The van der Waals surface area contributed by atoms with Gasteiger partial charge in [0.25, 0.3) is 0 Å². The summed E-state index contributed by atoms with van der Waals surface area (Å²) in [6, 6.07) is -0.836. The van der Waals surface area contributed by atoms with E-state index in [9.17, 15) is 4.79 Å². The maximum atomic E-state index is 11.3. The van der Waals surface area contributed by atoms with E-state index < -0.39 is 18.1 Å². The van der Waals surface area contributed by atoms with Gasteiger partial charge in [-0.1, -0.05) is 16.8 Å². The molecule has 2 unspecified atom stereocenters. The number of esters is 1. The molecule has 2 atom stereocenters. The Morgan fingerprint density at radius 2 is 2.33 bits per heavy atom. The molecule has 1 aliphatic heterocycles. The lowest BCUT2D eigenvalue weighted by Crippen LogP contribution is -2.43. The summed E-state index contributed by atoms with van der Waals surface area (Å²) in [4.78, 5) is 16.2. The van der Waals surface area contributed by atoms with Crippen LogP contribution in [-0.4, -0.2) is 29.4 Å². The molecule has 0 aromatic heterocycles. The topological polar surface area (TPSA) is 73.9 Å². The van der Waals surface area contributed by atoms with Crippen LogP contribution in [0, 0.1) is 0 Å². The van der Waals surface area contributed by atoms with Gasteiger partial charge < -0.3 is 15.3 Å². The van der Waals surface area contributed by atoms with Crippen molar-refractivity contribution in [3.63, 3.8) is 0 Å². The Morgan fingerprint density at radius 3 is 2.73 bits per heavy atom. The fourth-order valence-electron chi connectivity index (χ4n) is 1.02. The van der Waals surface area contributed by atoms with Gasteiger partial charge in [-0.25, -0.2) is 0 Å². The number of nitrogens with two attached hydrogens (primary N) is 1. The van der Waals surface area contributed by atoms with Crippen LogP contribution >= 0.6 is 24.0 Å². The second-order valence-electron chi connectivity index (χ2n) is 3.33. The van der Waals surface area contributed by atoms with Crippen molar-refractivity contribution < 1.29 is 14.4 Å². The van der Waals surface area contributed by atoms with E-state index in [1.807, 2.05) is 0 Å². The fourth-order valence-corrected chi connectivity index (χ4v) is 1.21. The van der Waals surface area contributed by atoms with Crippen LogP contribution in [0.5, 0.6) is 0 Å². The van der Waals surface area contributed by atoms with E-state index in [4.69, 9.17) is 26.9 Å². The standard InChI is InChI=1S/C8H13ClN2O3.ClH/c1-4(2)13-8(12)7(10)5-3-6(9)11-14-5;/h4-5,7H,3,10H2,1-2H3;1H. The predicted octanol–water partition coefficient (Wildman–Crippen LogP) is 1.03. The highest BCUT2D eigenvalue weighted by Gasteiger charge is 2.32. The first kappa shape index (κ1) is 14.5. The van der Waals surface area contributed by atoms with Crippen LogP contribution in [0.1, 0.15) is 20.3 Å². The van der Waals surface area contributed by atoms with Crippen LogP contribution in [0.25, 0.3) is 0 Å². The predicted molar refractivity (Wildman–Crippen MR) is 59.2 cm³/mol. The molecule has 7 heteroatoms. The molecular formula is C8H14Cl2N2O3. The lowest BCUT2D eigenvalue weighted by molar-refractivity contribution is -0.152. The van der Waals surface area contributed by atoms with E-state index in [1.165, 1.54) is 0 Å². The molecule has 0 aromatic carbocycles. The molecule has 0 spiro atoms. The summed E-state index contributed by atoms with van der Waals surface area (Å²) >= 11 is 5.58. The lowest BCUT2D eigenvalue weighted by Gasteiger charge is -2.17. The molecule has 88 valence electrons. The summed E-state index contributed by atoms with van der Waals surface area (Å²) in [6.45, 7) is 3.51. The second kappa shape index (κ2) is 6.15. The van der Waals surface area contributed by atoms with Gasteiger partial charge in [-0.05, 0) is 13.8 Å². The van der Waals surface area contributed by atoms with Crippen LogP contribution in [0.2, 0.25) is 0 Å². The van der Waals surface area contributed by atoms with E-state index in [0.717, 1.165) is 0 Å². The van der Waals surface area contributed by atoms with Crippen molar-refractivity contribution in [1.29, 1.82) is 0 Å². The number of carbonyl (C=O) groups excluding carboxylic acids is 1. The second-order valence-corrected chi connectivity index (χ2v) is 3.76. The highest BCUT2D eigenvalue weighted by molar-refractivity contribution is 6.65. The summed E-state index contributed by atoms with van der Waals surface area (Å²) in [5.74, 6) is -0.494. The first-order valence-corrected chi connectivity index (χ1v) is 4.72. The van der Waals surface area contributed by atoms with Crippen LogP contribution in [0.15, 0.2) is 5.16 Å². The van der Waals surface area contributed by atoms with E-state index >= 15 is 0 Å². The molecule has 0 aromatic rings. The van der Waals surface area contributed by atoms with Crippen LogP contribution < -0.4 is 5.73 Å². The molecule has 0 saturated carbocycles. The van der Waals surface area contributed by atoms with Gasteiger partial charge in [0.2, 0.25) is 0 Å². The largest absolute Gasteiger partial charge is 0.462 e. The zero-order valence-corrected chi connectivity index (χ0v) is 10.0. The molecule has 0 aliphatic carbocycles. The maximum absolute atomic E-state index is 11.3. The molecule has 0 bridgehead atoms. The number of hydrogen-bond acceptors (Lipinski definition) is 5. The molecular weight excluding hydrogens is 243 g/mol. The molecule has 1 aliphatic rings. The van der Waals surface area contributed by atoms with Gasteiger partial charge in [0, 0.05) is 6.42 Å². The monoisotopic (exact) mass is 256 g/mol. The van der Waals surface area contributed by atoms with E-state index in [1.54, 1.807) is 13.8 Å². The third-order valence-corrected chi connectivity index (χ3v) is 1.90. The number of hydrogen-bond donors (Lipinski definition) is 1. The number of halogens is 2. The van der Waals surface area contributed by atoms with Gasteiger partial charge >= 0.3 is 5.97 Å². The molecule has 1 rings (SSSR count). The Morgan fingerprint density at radius 1 is 1.73 bits per heavy atom. The SMILES string of the molecule is CC(C)OC(=O)C(N)C1CC(Cl)=NO1.Cl. The Hall–Kier alpha value is -0.520. The Bertz CT molecular complexity index is 258. The van der Waals surface area contributed by atoms with Crippen molar-refractivity contribution in [2.75, 3.05) is 0 Å². The molecule has 0 fully saturated rings. The van der Waals surface area contributed by atoms with Crippen LogP contribution in [0.4, 0.5) is 0 Å². The fraction of sp³-hybridized carbons (Fsp3) is 0.750. The van der Waals surface area contributed by atoms with Gasteiger partial charge in [-0.2, -0.15) is 0 Å². The number of oxime groups is 1. The normalized spacial score (nSPS) is 21.4. The molecule has 2 N–H and O–H groups in total. The minimum Gasteiger partial charge on any atom is -0.462 e. The van der Waals surface area contributed by atoms with Crippen molar-refractivity contribution in [3.05, 3.63) is 0 Å². The zero-order chi connectivity index (χ0) is 10.7. The van der Waals surface area contributed by atoms with E-state index in [0.29, 0.717) is 11.6 Å². The highest BCUT2D eigenvalue weighted by atomic mass is 35.5. The van der Waals surface area contributed by atoms with Crippen molar-refractivity contribution in [2.24, 2.45) is 10.9 Å². The van der Waals surface area contributed by atoms with Gasteiger partial charge in [-0.15, -0.1) is 12.4 Å². The first-order chi connectivity index (χ1) is 6.50. The minimum absolute atomic E-state index is 0. The van der Waals surface area contributed by atoms with Gasteiger partial charge in [0.05, 0.1) is 6.10 Å². The van der Waals surface area contributed by atoms with Crippen LogP contribution in [0.3, 0.4) is 0 Å². The zero-order valence-electron chi connectivity index (χ0n) is 8.47. The average molecular weight is 257 g/mol. The van der Waals surface area contributed by atoms with E-state index in [2.05, 4.69) is 5.16 Å². The van der Waals surface area contributed by atoms with Gasteiger partial charge in [0.1, 0.15) is 11.2 Å². The smallest absolute Gasteiger partial charge is 0.327 e. The van der Waals surface area contributed by atoms with Gasteiger partial charge in [-0.3, -0.25) is 4.79 Å². The number of nitrogens with zero attached hydrogens (tertiary/aromatic N) is 1. The summed E-state index contributed by atoms with van der Waals surface area (Å²) in [5.41, 5.74) is 5.60. The lowest BCUT2D eigenvalue weighted by atomic mass is 10.1. The summed E-state index contributed by atoms with van der Waals surface area (Å²) in [7, 11) is 0. The van der Waals surface area contributed by atoms with Gasteiger partial charge in [0.15, 0.2) is 6.10 Å². The quantitative estimate of drug-likeness (QED) is 0.766.